The highest BCUT2D eigenvalue weighted by Crippen LogP contribution is 2.27. The van der Waals surface area contributed by atoms with Gasteiger partial charge in [0.05, 0.1) is 10.7 Å². The molecule has 0 fully saturated rings. The van der Waals surface area contributed by atoms with Crippen LogP contribution in [-0.2, 0) is 11.2 Å². The maximum absolute atomic E-state index is 12.5. The van der Waals surface area contributed by atoms with E-state index in [1.165, 1.54) is 5.56 Å². The van der Waals surface area contributed by atoms with Crippen LogP contribution in [0.25, 0.3) is 0 Å². The quantitative estimate of drug-likeness (QED) is 0.920. The van der Waals surface area contributed by atoms with Gasteiger partial charge < -0.3 is 10.2 Å². The molecule has 1 amide bonds. The molecule has 0 atom stereocenters. The first-order valence-electron chi connectivity index (χ1n) is 7.62. The molecule has 0 aliphatic carbocycles. The van der Waals surface area contributed by atoms with Crippen LogP contribution >= 0.6 is 11.6 Å². The summed E-state index contributed by atoms with van der Waals surface area (Å²) < 4.78 is 0. The third-order valence-electron chi connectivity index (χ3n) is 3.94. The van der Waals surface area contributed by atoms with Gasteiger partial charge in [-0.2, -0.15) is 0 Å². The van der Waals surface area contributed by atoms with E-state index in [0.717, 1.165) is 30.8 Å². The Morgan fingerprint density at radius 3 is 2.77 bits per heavy atom. The zero-order valence-electron chi connectivity index (χ0n) is 12.4. The number of carbonyl (C=O) groups is 1. The lowest BCUT2D eigenvalue weighted by atomic mass is 10.0. The van der Waals surface area contributed by atoms with Gasteiger partial charge in [-0.05, 0) is 36.6 Å². The summed E-state index contributed by atoms with van der Waals surface area (Å²) in [7, 11) is 0. The molecule has 1 aliphatic rings. The zero-order chi connectivity index (χ0) is 15.4. The fourth-order valence-electron chi connectivity index (χ4n) is 2.84. The number of hydrogen-bond donors (Lipinski definition) is 1. The van der Waals surface area contributed by atoms with Crippen LogP contribution in [-0.4, -0.2) is 19.0 Å². The van der Waals surface area contributed by atoms with Gasteiger partial charge in [0, 0.05) is 25.2 Å². The molecule has 1 heterocycles. The fraction of sp³-hybridized carbons (Fsp3) is 0.278. The van der Waals surface area contributed by atoms with Crippen LogP contribution in [0.1, 0.15) is 18.4 Å². The van der Waals surface area contributed by atoms with E-state index in [0.29, 0.717) is 18.0 Å². The summed E-state index contributed by atoms with van der Waals surface area (Å²) in [6.07, 6.45) is 2.54. The molecule has 1 N–H and O–H groups in total. The number of nitrogens with zero attached hydrogens (tertiary/aromatic N) is 1. The number of carbonyl (C=O) groups excluding carboxylic acids is 1. The van der Waals surface area contributed by atoms with Crippen LogP contribution in [0.5, 0.6) is 0 Å². The largest absolute Gasteiger partial charge is 0.383 e. The Bertz CT molecular complexity index is 672. The van der Waals surface area contributed by atoms with Crippen molar-refractivity contribution in [1.29, 1.82) is 0 Å². The highest BCUT2D eigenvalue weighted by atomic mass is 35.5. The molecule has 0 aromatic heterocycles. The second-order valence-electron chi connectivity index (χ2n) is 5.43. The first kappa shape index (κ1) is 14.9. The van der Waals surface area contributed by atoms with Crippen molar-refractivity contribution in [3.8, 4) is 0 Å². The van der Waals surface area contributed by atoms with Crippen LogP contribution in [0.3, 0.4) is 0 Å². The summed E-state index contributed by atoms with van der Waals surface area (Å²) in [5.41, 5.74) is 3.20. The van der Waals surface area contributed by atoms with Crippen LogP contribution in [0.15, 0.2) is 48.5 Å². The summed E-state index contributed by atoms with van der Waals surface area (Å²) in [5.74, 6) is 0.159. The molecule has 0 spiro atoms. The minimum atomic E-state index is 0.159. The minimum absolute atomic E-state index is 0.159. The maximum atomic E-state index is 12.5. The first-order valence-corrected chi connectivity index (χ1v) is 8.00. The zero-order valence-corrected chi connectivity index (χ0v) is 13.1. The van der Waals surface area contributed by atoms with Crippen molar-refractivity contribution in [2.75, 3.05) is 23.3 Å². The Morgan fingerprint density at radius 2 is 1.91 bits per heavy atom. The lowest BCUT2D eigenvalue weighted by Gasteiger charge is -2.29. The summed E-state index contributed by atoms with van der Waals surface area (Å²) in [6.45, 7) is 1.39. The molecular formula is C18H19ClN2O. The molecule has 0 saturated carbocycles. The number of halogens is 1. The van der Waals surface area contributed by atoms with Crippen LogP contribution in [0, 0.1) is 0 Å². The third-order valence-corrected chi connectivity index (χ3v) is 4.27. The molecule has 22 heavy (non-hydrogen) atoms. The molecule has 3 nitrogen and oxygen atoms in total. The number of hydrogen-bond acceptors (Lipinski definition) is 2. The molecule has 4 heteroatoms. The average molecular weight is 315 g/mol. The van der Waals surface area contributed by atoms with Gasteiger partial charge in [-0.3, -0.25) is 4.79 Å². The Kier molecular flexibility index (Phi) is 4.64. The smallest absolute Gasteiger partial charge is 0.228 e. The summed E-state index contributed by atoms with van der Waals surface area (Å²) in [4.78, 5) is 14.4. The van der Waals surface area contributed by atoms with E-state index in [9.17, 15) is 4.79 Å². The maximum Gasteiger partial charge on any atom is 0.228 e. The van der Waals surface area contributed by atoms with Crippen molar-refractivity contribution < 1.29 is 4.79 Å². The molecule has 2 aromatic rings. The van der Waals surface area contributed by atoms with Crippen LogP contribution < -0.4 is 10.2 Å². The van der Waals surface area contributed by atoms with Crippen LogP contribution in [0.2, 0.25) is 5.02 Å². The lowest BCUT2D eigenvalue weighted by molar-refractivity contribution is -0.118. The van der Waals surface area contributed by atoms with Crippen molar-refractivity contribution in [3.05, 3.63) is 59.1 Å². The van der Waals surface area contributed by atoms with E-state index in [-0.39, 0.29) is 5.91 Å². The fourth-order valence-corrected chi connectivity index (χ4v) is 3.04. The standard InChI is InChI=1S/C18H19ClN2O/c19-15-8-2-3-9-16(15)20-12-11-18(22)21-13-5-7-14-6-1-4-10-17(14)21/h1-4,6,8-10,20H,5,7,11-13H2. The monoisotopic (exact) mass is 314 g/mol. The summed E-state index contributed by atoms with van der Waals surface area (Å²) in [6, 6.07) is 15.7. The molecule has 0 radical (unpaired) electrons. The van der Waals surface area contributed by atoms with Crippen molar-refractivity contribution in [3.63, 3.8) is 0 Å². The predicted molar refractivity (Wildman–Crippen MR) is 91.7 cm³/mol. The molecule has 2 aromatic carbocycles. The van der Waals surface area contributed by atoms with Crippen molar-refractivity contribution >= 4 is 28.9 Å². The number of nitrogens with one attached hydrogen (secondary N) is 1. The number of fused-ring (bicyclic) bond motifs is 1. The molecule has 0 bridgehead atoms. The van der Waals surface area contributed by atoms with Gasteiger partial charge in [0.25, 0.3) is 0 Å². The Balaban J connectivity index is 1.60. The Morgan fingerprint density at radius 1 is 1.14 bits per heavy atom. The van der Waals surface area contributed by atoms with Gasteiger partial charge >= 0.3 is 0 Å². The summed E-state index contributed by atoms with van der Waals surface area (Å²) >= 11 is 6.10. The molecule has 3 rings (SSSR count). The average Bonchev–Trinajstić information content (AvgIpc) is 2.56. The van der Waals surface area contributed by atoms with Gasteiger partial charge in [-0.25, -0.2) is 0 Å². The van der Waals surface area contributed by atoms with Crippen molar-refractivity contribution in [1.82, 2.24) is 0 Å². The Labute approximate surface area is 135 Å². The number of benzene rings is 2. The molecule has 114 valence electrons. The van der Waals surface area contributed by atoms with Gasteiger partial charge in [-0.15, -0.1) is 0 Å². The number of aryl methyl sites for hydroxylation is 1. The molecule has 0 saturated heterocycles. The second kappa shape index (κ2) is 6.84. The summed E-state index contributed by atoms with van der Waals surface area (Å²) in [5, 5.41) is 3.91. The SMILES string of the molecule is O=C(CCNc1ccccc1Cl)N1CCCc2ccccc21. The van der Waals surface area contributed by atoms with Gasteiger partial charge in [0.15, 0.2) is 0 Å². The highest BCUT2D eigenvalue weighted by Gasteiger charge is 2.21. The van der Waals surface area contributed by atoms with E-state index >= 15 is 0 Å². The van der Waals surface area contributed by atoms with E-state index in [4.69, 9.17) is 11.6 Å². The number of anilines is 2. The van der Waals surface area contributed by atoms with E-state index in [1.807, 2.05) is 47.4 Å². The molecule has 1 aliphatic heterocycles. The highest BCUT2D eigenvalue weighted by molar-refractivity contribution is 6.33. The van der Waals surface area contributed by atoms with Crippen molar-refractivity contribution in [2.24, 2.45) is 0 Å². The second-order valence-corrected chi connectivity index (χ2v) is 5.84. The number of rotatable bonds is 4. The van der Waals surface area contributed by atoms with Crippen molar-refractivity contribution in [2.45, 2.75) is 19.3 Å². The topological polar surface area (TPSA) is 32.3 Å². The Hall–Kier alpha value is -2.00. The third kappa shape index (κ3) is 3.25. The van der Waals surface area contributed by atoms with Gasteiger partial charge in [-0.1, -0.05) is 41.9 Å². The van der Waals surface area contributed by atoms with Gasteiger partial charge in [0.2, 0.25) is 5.91 Å². The lowest BCUT2D eigenvalue weighted by Crippen LogP contribution is -2.36. The number of amides is 1. The predicted octanol–water partition coefficient (Wildman–Crippen LogP) is 4.12. The van der Waals surface area contributed by atoms with E-state index in [1.54, 1.807) is 0 Å². The first-order chi connectivity index (χ1) is 10.8. The molecule has 0 unspecified atom stereocenters. The van der Waals surface area contributed by atoms with Gasteiger partial charge in [0.1, 0.15) is 0 Å². The van der Waals surface area contributed by atoms with Crippen LogP contribution in [0.4, 0.5) is 11.4 Å². The van der Waals surface area contributed by atoms with E-state index < -0.39 is 0 Å². The van der Waals surface area contributed by atoms with E-state index in [2.05, 4.69) is 11.4 Å². The normalized spacial score (nSPS) is 13.6. The minimum Gasteiger partial charge on any atom is -0.383 e. The number of para-hydroxylation sites is 2. The molecular weight excluding hydrogens is 296 g/mol.